The third kappa shape index (κ3) is 4.62. The topological polar surface area (TPSA) is 79.7 Å². The summed E-state index contributed by atoms with van der Waals surface area (Å²) in [6.07, 6.45) is 3.18. The van der Waals surface area contributed by atoms with E-state index < -0.39 is 23.5 Å². The quantitative estimate of drug-likeness (QED) is 0.339. The molecule has 1 atom stereocenters. The van der Waals surface area contributed by atoms with E-state index in [9.17, 15) is 19.1 Å². The fourth-order valence-corrected chi connectivity index (χ4v) is 3.84. The number of carbonyl (C=O) groups excluding carboxylic acids is 2. The number of carbonyl (C=O) groups is 2. The summed E-state index contributed by atoms with van der Waals surface area (Å²) in [6.45, 7) is 3.94. The van der Waals surface area contributed by atoms with Gasteiger partial charge in [-0.3, -0.25) is 14.6 Å². The van der Waals surface area contributed by atoms with Crippen LogP contribution in [-0.2, 0) is 16.1 Å². The van der Waals surface area contributed by atoms with Gasteiger partial charge in [0, 0.05) is 24.5 Å². The zero-order valence-electron chi connectivity index (χ0n) is 18.2. The fraction of sp³-hybridized carbons (Fsp3) is 0.192. The van der Waals surface area contributed by atoms with Crippen molar-refractivity contribution in [3.05, 3.63) is 101 Å². The second kappa shape index (κ2) is 9.24. The highest BCUT2D eigenvalue weighted by Gasteiger charge is 2.46. The molecule has 1 N–H and O–H groups in total. The number of pyridine rings is 1. The van der Waals surface area contributed by atoms with Crippen molar-refractivity contribution >= 4 is 17.4 Å². The minimum absolute atomic E-state index is 0.0126. The molecular formula is C26H23FN2O4. The second-order valence-corrected chi connectivity index (χ2v) is 8.02. The van der Waals surface area contributed by atoms with Crippen LogP contribution in [0.4, 0.5) is 4.39 Å². The minimum Gasteiger partial charge on any atom is -0.507 e. The van der Waals surface area contributed by atoms with E-state index >= 15 is 0 Å². The largest absolute Gasteiger partial charge is 0.507 e. The van der Waals surface area contributed by atoms with Gasteiger partial charge in [-0.25, -0.2) is 4.39 Å². The van der Waals surface area contributed by atoms with Crippen molar-refractivity contribution in [2.75, 3.05) is 0 Å². The standard InChI is InChI=1S/C26H23FN2O4/c1-16(2)33-21-9-5-19(6-10-21)24(30)22-23(18-3-7-20(27)8-4-18)29(26(32)25(22)31)15-17-11-13-28-14-12-17/h3-14,16,23,30H,15H2,1-2H3/b24-22+. The maximum Gasteiger partial charge on any atom is 0.295 e. The third-order valence-electron chi connectivity index (χ3n) is 5.33. The van der Waals surface area contributed by atoms with Gasteiger partial charge in [0.1, 0.15) is 17.3 Å². The number of aromatic nitrogens is 1. The van der Waals surface area contributed by atoms with Crippen molar-refractivity contribution < 1.29 is 23.8 Å². The summed E-state index contributed by atoms with van der Waals surface area (Å²) in [4.78, 5) is 31.4. The summed E-state index contributed by atoms with van der Waals surface area (Å²) in [6, 6.07) is 14.8. The van der Waals surface area contributed by atoms with Gasteiger partial charge in [-0.1, -0.05) is 12.1 Å². The van der Waals surface area contributed by atoms with Crippen molar-refractivity contribution in [2.24, 2.45) is 0 Å². The Balaban J connectivity index is 1.79. The number of benzene rings is 2. The number of ketones is 1. The first kappa shape index (κ1) is 22.2. The molecule has 1 aromatic heterocycles. The van der Waals surface area contributed by atoms with Crippen molar-refractivity contribution in [1.29, 1.82) is 0 Å². The van der Waals surface area contributed by atoms with Crippen LogP contribution in [0.1, 0.15) is 36.6 Å². The molecule has 0 saturated carbocycles. The molecule has 3 aromatic rings. The molecule has 1 aliphatic heterocycles. The van der Waals surface area contributed by atoms with E-state index in [-0.39, 0.29) is 24.0 Å². The van der Waals surface area contributed by atoms with Crippen LogP contribution in [0.25, 0.3) is 5.76 Å². The lowest BCUT2D eigenvalue weighted by Gasteiger charge is -2.25. The van der Waals surface area contributed by atoms with Gasteiger partial charge in [0.15, 0.2) is 0 Å². The van der Waals surface area contributed by atoms with Crippen molar-refractivity contribution in [2.45, 2.75) is 32.5 Å². The van der Waals surface area contributed by atoms with Crippen LogP contribution in [-0.4, -0.2) is 32.8 Å². The number of amides is 1. The molecule has 0 radical (unpaired) electrons. The lowest BCUT2D eigenvalue weighted by molar-refractivity contribution is -0.140. The summed E-state index contributed by atoms with van der Waals surface area (Å²) in [5, 5.41) is 11.1. The zero-order chi connectivity index (χ0) is 23.5. The van der Waals surface area contributed by atoms with E-state index in [1.54, 1.807) is 48.8 Å². The number of aliphatic hydroxyl groups excluding tert-OH is 1. The van der Waals surface area contributed by atoms with Gasteiger partial charge in [0.25, 0.3) is 11.7 Å². The molecular weight excluding hydrogens is 423 g/mol. The molecule has 1 aliphatic rings. The predicted molar refractivity (Wildman–Crippen MR) is 121 cm³/mol. The Kier molecular flexibility index (Phi) is 6.22. The number of nitrogens with zero attached hydrogens (tertiary/aromatic N) is 2. The smallest absolute Gasteiger partial charge is 0.295 e. The van der Waals surface area contributed by atoms with E-state index in [0.717, 1.165) is 5.56 Å². The Hall–Kier alpha value is -4.00. The highest BCUT2D eigenvalue weighted by molar-refractivity contribution is 6.46. The normalized spacial score (nSPS) is 17.6. The maximum atomic E-state index is 13.6. The average Bonchev–Trinajstić information content (AvgIpc) is 3.05. The number of ether oxygens (including phenoxy) is 1. The monoisotopic (exact) mass is 446 g/mol. The lowest BCUT2D eigenvalue weighted by atomic mass is 9.95. The van der Waals surface area contributed by atoms with Gasteiger partial charge in [-0.15, -0.1) is 0 Å². The van der Waals surface area contributed by atoms with Gasteiger partial charge in [-0.05, 0) is 73.5 Å². The summed E-state index contributed by atoms with van der Waals surface area (Å²) in [5.41, 5.74) is 1.62. The van der Waals surface area contributed by atoms with Crippen LogP contribution in [0.15, 0.2) is 78.6 Å². The van der Waals surface area contributed by atoms with Gasteiger partial charge >= 0.3 is 0 Å². The highest BCUT2D eigenvalue weighted by Crippen LogP contribution is 2.40. The molecule has 4 rings (SSSR count). The van der Waals surface area contributed by atoms with Crippen LogP contribution in [0, 0.1) is 5.82 Å². The Morgan fingerprint density at radius 3 is 2.27 bits per heavy atom. The molecule has 1 amide bonds. The molecule has 0 bridgehead atoms. The molecule has 168 valence electrons. The Labute approximate surface area is 191 Å². The van der Waals surface area contributed by atoms with E-state index in [1.165, 1.54) is 29.2 Å². The summed E-state index contributed by atoms with van der Waals surface area (Å²) < 4.78 is 19.2. The molecule has 0 spiro atoms. The third-order valence-corrected chi connectivity index (χ3v) is 5.33. The molecule has 1 saturated heterocycles. The molecule has 7 heteroatoms. The van der Waals surface area contributed by atoms with E-state index in [4.69, 9.17) is 4.74 Å². The molecule has 1 fully saturated rings. The van der Waals surface area contributed by atoms with Crippen molar-refractivity contribution in [3.8, 4) is 5.75 Å². The molecule has 2 heterocycles. The summed E-state index contributed by atoms with van der Waals surface area (Å²) in [5.74, 6) is -1.64. The van der Waals surface area contributed by atoms with Crippen LogP contribution in [0.3, 0.4) is 0 Å². The number of hydrogen-bond acceptors (Lipinski definition) is 5. The van der Waals surface area contributed by atoms with Gasteiger partial charge < -0.3 is 14.7 Å². The number of rotatable bonds is 6. The Morgan fingerprint density at radius 1 is 1.03 bits per heavy atom. The highest BCUT2D eigenvalue weighted by atomic mass is 19.1. The number of hydrogen-bond donors (Lipinski definition) is 1. The first-order chi connectivity index (χ1) is 15.8. The van der Waals surface area contributed by atoms with E-state index in [0.29, 0.717) is 16.9 Å². The van der Waals surface area contributed by atoms with Crippen LogP contribution in [0.2, 0.25) is 0 Å². The number of likely N-dealkylation sites (tertiary alicyclic amines) is 1. The number of aliphatic hydroxyl groups is 1. The Morgan fingerprint density at radius 2 is 1.67 bits per heavy atom. The van der Waals surface area contributed by atoms with Crippen LogP contribution in [0.5, 0.6) is 5.75 Å². The molecule has 0 aliphatic carbocycles. The SMILES string of the molecule is CC(C)Oc1ccc(/C(O)=C2\C(=O)C(=O)N(Cc3ccncc3)C2c2ccc(F)cc2)cc1. The number of Topliss-reactive ketones (excluding diaryl/α,β-unsaturated/α-hetero) is 1. The molecule has 33 heavy (non-hydrogen) atoms. The minimum atomic E-state index is -0.870. The van der Waals surface area contributed by atoms with Gasteiger partial charge in [-0.2, -0.15) is 0 Å². The Bertz CT molecular complexity index is 1190. The van der Waals surface area contributed by atoms with Crippen LogP contribution >= 0.6 is 0 Å². The van der Waals surface area contributed by atoms with Gasteiger partial charge in [0.05, 0.1) is 17.7 Å². The first-order valence-corrected chi connectivity index (χ1v) is 10.5. The second-order valence-electron chi connectivity index (χ2n) is 8.02. The lowest BCUT2D eigenvalue weighted by Crippen LogP contribution is -2.29. The van der Waals surface area contributed by atoms with Crippen LogP contribution < -0.4 is 4.74 Å². The maximum absolute atomic E-state index is 13.6. The molecule has 1 unspecified atom stereocenters. The van der Waals surface area contributed by atoms with E-state index in [2.05, 4.69) is 4.98 Å². The van der Waals surface area contributed by atoms with Gasteiger partial charge in [0.2, 0.25) is 0 Å². The average molecular weight is 446 g/mol. The van der Waals surface area contributed by atoms with E-state index in [1.807, 2.05) is 13.8 Å². The van der Waals surface area contributed by atoms with Crippen molar-refractivity contribution in [1.82, 2.24) is 9.88 Å². The summed E-state index contributed by atoms with van der Waals surface area (Å²) >= 11 is 0. The number of halogens is 1. The molecule has 2 aromatic carbocycles. The first-order valence-electron chi connectivity index (χ1n) is 10.5. The fourth-order valence-electron chi connectivity index (χ4n) is 3.84. The predicted octanol–water partition coefficient (Wildman–Crippen LogP) is 4.63. The molecule has 6 nitrogen and oxygen atoms in total. The van der Waals surface area contributed by atoms with Crippen molar-refractivity contribution in [3.63, 3.8) is 0 Å². The summed E-state index contributed by atoms with van der Waals surface area (Å²) in [7, 11) is 0. The zero-order valence-corrected chi connectivity index (χ0v) is 18.2.